The fourth-order valence-corrected chi connectivity index (χ4v) is 5.10. The Balaban J connectivity index is 1.69. The van der Waals surface area contributed by atoms with Crippen LogP contribution < -0.4 is 21.3 Å². The molecule has 9 nitrogen and oxygen atoms in total. The van der Waals surface area contributed by atoms with Gasteiger partial charge in [-0.1, -0.05) is 34.6 Å². The standard InChI is InChI=1S/C26H38F3N5O4/c1-23(2,3)18(33-22(38)26(27,28)29)21(37)32-17(11-15-12-24(15,4)5)20(36)31-16(13-30)10-14-6-7-25(8-9-25)34-19(14)35/h14-18H,6-12H2,1-5H3,(H,31,36)(H,32,37)(H,33,38)(H,34,35)/t14-,15?,16-,17-,18+/m0/s1. The summed E-state index contributed by atoms with van der Waals surface area (Å²) in [5.41, 5.74) is -1.26. The average molecular weight is 542 g/mol. The third-order valence-corrected chi connectivity index (χ3v) is 8.11. The fraction of sp³-hybridized carbons (Fsp3) is 0.808. The van der Waals surface area contributed by atoms with Crippen molar-refractivity contribution in [1.82, 2.24) is 21.3 Å². The van der Waals surface area contributed by atoms with E-state index in [0.717, 1.165) is 25.7 Å². The van der Waals surface area contributed by atoms with Crippen molar-refractivity contribution in [2.75, 3.05) is 0 Å². The van der Waals surface area contributed by atoms with Crippen molar-refractivity contribution in [1.29, 1.82) is 5.26 Å². The molecule has 1 saturated heterocycles. The Kier molecular flexibility index (Phi) is 8.11. The molecule has 1 aliphatic heterocycles. The van der Waals surface area contributed by atoms with E-state index in [1.807, 2.05) is 19.9 Å². The summed E-state index contributed by atoms with van der Waals surface area (Å²) >= 11 is 0. The number of hydrogen-bond acceptors (Lipinski definition) is 5. The number of carbonyl (C=O) groups excluding carboxylic acids is 4. The van der Waals surface area contributed by atoms with Gasteiger partial charge in [0.05, 0.1) is 6.07 Å². The Labute approximate surface area is 221 Å². The fourth-order valence-electron chi connectivity index (χ4n) is 5.10. The number of halogens is 3. The summed E-state index contributed by atoms with van der Waals surface area (Å²) in [5.74, 6) is -4.32. The van der Waals surface area contributed by atoms with Crippen molar-refractivity contribution in [2.24, 2.45) is 22.7 Å². The predicted molar refractivity (Wildman–Crippen MR) is 131 cm³/mol. The summed E-state index contributed by atoms with van der Waals surface area (Å²) in [6.07, 6.45) is -0.713. The molecular formula is C26H38F3N5O4. The minimum Gasteiger partial charge on any atom is -0.350 e. The summed E-state index contributed by atoms with van der Waals surface area (Å²) in [6, 6.07) is -1.67. The molecule has 3 fully saturated rings. The molecule has 12 heteroatoms. The van der Waals surface area contributed by atoms with Gasteiger partial charge in [-0.05, 0) is 61.7 Å². The molecule has 1 heterocycles. The quantitative estimate of drug-likeness (QED) is 0.355. The Morgan fingerprint density at radius 2 is 1.66 bits per heavy atom. The molecule has 0 aromatic heterocycles. The van der Waals surface area contributed by atoms with Gasteiger partial charge in [0.1, 0.15) is 18.1 Å². The van der Waals surface area contributed by atoms with Gasteiger partial charge in [-0.25, -0.2) is 0 Å². The zero-order valence-electron chi connectivity index (χ0n) is 22.6. The SMILES string of the molecule is CC1(C)CC1C[C@H](NC(=O)[C@@H](NC(=O)C(F)(F)F)C(C)(C)C)C(=O)N[C@H](C#N)C[C@@H]1CCC2(CC2)NC1=O. The first-order valence-corrected chi connectivity index (χ1v) is 13.1. The number of hydrogen-bond donors (Lipinski definition) is 4. The summed E-state index contributed by atoms with van der Waals surface area (Å²) < 4.78 is 38.7. The second-order valence-electron chi connectivity index (χ2n) is 12.9. The minimum absolute atomic E-state index is 0.0647. The van der Waals surface area contributed by atoms with Crippen molar-refractivity contribution in [3.63, 3.8) is 0 Å². The van der Waals surface area contributed by atoms with Crippen molar-refractivity contribution >= 4 is 23.6 Å². The number of rotatable bonds is 9. The molecular weight excluding hydrogens is 503 g/mol. The molecule has 0 bridgehead atoms. The molecule has 1 unspecified atom stereocenters. The monoisotopic (exact) mass is 541 g/mol. The first kappa shape index (κ1) is 29.7. The lowest BCUT2D eigenvalue weighted by Gasteiger charge is -2.32. The van der Waals surface area contributed by atoms with Gasteiger partial charge in [0.15, 0.2) is 0 Å². The molecule has 1 spiro atoms. The molecule has 3 aliphatic rings. The summed E-state index contributed by atoms with van der Waals surface area (Å²) in [4.78, 5) is 50.5. The van der Waals surface area contributed by atoms with Crippen LogP contribution in [0.3, 0.4) is 0 Å². The van der Waals surface area contributed by atoms with E-state index < -0.39 is 53.4 Å². The molecule has 2 saturated carbocycles. The van der Waals surface area contributed by atoms with Crippen LogP contribution in [0.5, 0.6) is 0 Å². The molecule has 4 amide bonds. The van der Waals surface area contributed by atoms with E-state index in [4.69, 9.17) is 0 Å². The normalized spacial score (nSPS) is 25.7. The van der Waals surface area contributed by atoms with Crippen LogP contribution in [0.4, 0.5) is 13.2 Å². The maximum atomic E-state index is 13.3. The molecule has 0 aromatic carbocycles. The largest absolute Gasteiger partial charge is 0.471 e. The number of nitrogens with zero attached hydrogens (tertiary/aromatic N) is 1. The summed E-state index contributed by atoms with van der Waals surface area (Å²) in [6.45, 7) is 8.50. The highest BCUT2D eigenvalue weighted by molar-refractivity contribution is 5.93. The van der Waals surface area contributed by atoms with Crippen LogP contribution in [0.1, 0.15) is 79.6 Å². The third-order valence-electron chi connectivity index (χ3n) is 8.11. The van der Waals surface area contributed by atoms with Gasteiger partial charge in [-0.15, -0.1) is 0 Å². The Morgan fingerprint density at radius 1 is 1.05 bits per heavy atom. The van der Waals surface area contributed by atoms with Crippen molar-refractivity contribution < 1.29 is 32.3 Å². The van der Waals surface area contributed by atoms with Crippen LogP contribution in [-0.4, -0.2) is 53.5 Å². The van der Waals surface area contributed by atoms with Crippen molar-refractivity contribution in [2.45, 2.75) is 109 Å². The number of amides is 4. The maximum Gasteiger partial charge on any atom is 0.471 e. The van der Waals surface area contributed by atoms with Gasteiger partial charge in [-0.3, -0.25) is 19.2 Å². The first-order chi connectivity index (χ1) is 17.4. The first-order valence-electron chi connectivity index (χ1n) is 13.1. The molecule has 5 atom stereocenters. The highest BCUT2D eigenvalue weighted by Gasteiger charge is 2.50. The van der Waals surface area contributed by atoms with Gasteiger partial charge in [0.25, 0.3) is 0 Å². The lowest BCUT2D eigenvalue weighted by Crippen LogP contribution is -2.60. The van der Waals surface area contributed by atoms with E-state index in [0.29, 0.717) is 6.42 Å². The molecule has 2 aliphatic carbocycles. The number of nitriles is 1. The van der Waals surface area contributed by atoms with Gasteiger partial charge < -0.3 is 21.3 Å². The highest BCUT2D eigenvalue weighted by Crippen LogP contribution is 2.54. The number of carbonyl (C=O) groups is 4. The lowest BCUT2D eigenvalue weighted by atomic mass is 9.85. The lowest BCUT2D eigenvalue weighted by molar-refractivity contribution is -0.175. The zero-order chi connectivity index (χ0) is 28.7. The van der Waals surface area contributed by atoms with E-state index >= 15 is 0 Å². The highest BCUT2D eigenvalue weighted by atomic mass is 19.4. The van der Waals surface area contributed by atoms with Crippen LogP contribution in [-0.2, 0) is 19.2 Å². The Bertz CT molecular complexity index is 1010. The Morgan fingerprint density at radius 3 is 2.11 bits per heavy atom. The molecule has 38 heavy (non-hydrogen) atoms. The zero-order valence-corrected chi connectivity index (χ0v) is 22.6. The van der Waals surface area contributed by atoms with Crippen LogP contribution in [0.15, 0.2) is 0 Å². The number of piperidine rings is 1. The van der Waals surface area contributed by atoms with Gasteiger partial charge >= 0.3 is 12.1 Å². The van der Waals surface area contributed by atoms with E-state index in [1.54, 1.807) is 5.32 Å². The number of nitrogens with one attached hydrogen (secondary N) is 4. The van der Waals surface area contributed by atoms with Gasteiger partial charge in [-0.2, -0.15) is 18.4 Å². The maximum absolute atomic E-state index is 13.3. The number of alkyl halides is 3. The van der Waals surface area contributed by atoms with E-state index in [2.05, 4.69) is 16.0 Å². The van der Waals surface area contributed by atoms with Crippen LogP contribution in [0, 0.1) is 34.0 Å². The van der Waals surface area contributed by atoms with Crippen LogP contribution in [0.25, 0.3) is 0 Å². The second kappa shape index (κ2) is 10.4. The van der Waals surface area contributed by atoms with Crippen LogP contribution >= 0.6 is 0 Å². The van der Waals surface area contributed by atoms with Crippen LogP contribution in [0.2, 0.25) is 0 Å². The van der Waals surface area contributed by atoms with E-state index in [1.165, 1.54) is 20.8 Å². The predicted octanol–water partition coefficient (Wildman–Crippen LogP) is 2.46. The van der Waals surface area contributed by atoms with Crippen molar-refractivity contribution in [3.05, 3.63) is 0 Å². The molecule has 212 valence electrons. The molecule has 0 aromatic rings. The molecule has 4 N–H and O–H groups in total. The smallest absolute Gasteiger partial charge is 0.350 e. The minimum atomic E-state index is -5.18. The van der Waals surface area contributed by atoms with Crippen molar-refractivity contribution in [3.8, 4) is 6.07 Å². The van der Waals surface area contributed by atoms with E-state index in [-0.39, 0.29) is 35.6 Å². The summed E-state index contributed by atoms with van der Waals surface area (Å²) in [7, 11) is 0. The topological polar surface area (TPSA) is 140 Å². The average Bonchev–Trinajstić information content (AvgIpc) is 3.67. The third kappa shape index (κ3) is 7.38. The van der Waals surface area contributed by atoms with E-state index in [9.17, 15) is 37.6 Å². The second-order valence-corrected chi connectivity index (χ2v) is 12.9. The van der Waals surface area contributed by atoms with Gasteiger partial charge in [0, 0.05) is 11.5 Å². The molecule has 3 rings (SSSR count). The Hall–Kier alpha value is -2.84. The summed E-state index contributed by atoms with van der Waals surface area (Å²) in [5, 5.41) is 19.6. The van der Waals surface area contributed by atoms with Gasteiger partial charge in [0.2, 0.25) is 17.7 Å². The molecule has 0 radical (unpaired) electrons.